The van der Waals surface area contributed by atoms with Gasteiger partial charge in [0.15, 0.2) is 11.6 Å². The predicted octanol–water partition coefficient (Wildman–Crippen LogP) is 2.86. The smallest absolute Gasteiger partial charge is 0.257 e. The van der Waals surface area contributed by atoms with Crippen molar-refractivity contribution in [1.82, 2.24) is 0 Å². The first kappa shape index (κ1) is 12.3. The molecule has 0 aliphatic carbocycles. The number of benzene rings is 1. The molecule has 0 spiro atoms. The molecular formula is C9H9BrF3NO. The van der Waals surface area contributed by atoms with E-state index in [1.54, 1.807) is 0 Å². The van der Waals surface area contributed by atoms with Crippen molar-refractivity contribution in [3.8, 4) is 5.75 Å². The predicted molar refractivity (Wildman–Crippen MR) is 53.6 cm³/mol. The Morgan fingerprint density at radius 2 is 2.00 bits per heavy atom. The second kappa shape index (κ2) is 4.85. The number of nitrogens with two attached hydrogens (primary N) is 1. The first-order valence-electron chi connectivity index (χ1n) is 4.04. The quantitative estimate of drug-likeness (QED) is 0.926. The molecule has 0 saturated heterocycles. The van der Waals surface area contributed by atoms with Crippen LogP contribution in [-0.4, -0.2) is 13.5 Å². The van der Waals surface area contributed by atoms with E-state index in [1.807, 2.05) is 0 Å². The average molecular weight is 284 g/mol. The molecule has 0 aromatic heterocycles. The van der Waals surface area contributed by atoms with Gasteiger partial charge >= 0.3 is 0 Å². The minimum atomic E-state index is -2.77. The SMILES string of the molecule is COc1c(F)cc(Br)cc1C(N)C(F)F. The molecule has 0 fully saturated rings. The lowest BCUT2D eigenvalue weighted by Gasteiger charge is -2.15. The molecule has 2 nitrogen and oxygen atoms in total. The van der Waals surface area contributed by atoms with E-state index in [0.29, 0.717) is 4.47 Å². The van der Waals surface area contributed by atoms with E-state index in [1.165, 1.54) is 13.2 Å². The van der Waals surface area contributed by atoms with Crippen molar-refractivity contribution in [3.63, 3.8) is 0 Å². The molecule has 0 radical (unpaired) electrons. The molecule has 0 heterocycles. The van der Waals surface area contributed by atoms with E-state index >= 15 is 0 Å². The Labute approximate surface area is 93.3 Å². The van der Waals surface area contributed by atoms with E-state index < -0.39 is 18.3 Å². The highest BCUT2D eigenvalue weighted by atomic mass is 79.9. The summed E-state index contributed by atoms with van der Waals surface area (Å²) in [7, 11) is 1.20. The van der Waals surface area contributed by atoms with Crippen LogP contribution in [0.3, 0.4) is 0 Å². The van der Waals surface area contributed by atoms with Crippen molar-refractivity contribution >= 4 is 15.9 Å². The van der Waals surface area contributed by atoms with Crippen LogP contribution in [0.5, 0.6) is 5.75 Å². The van der Waals surface area contributed by atoms with Crippen LogP contribution in [0.15, 0.2) is 16.6 Å². The molecule has 84 valence electrons. The van der Waals surface area contributed by atoms with Crippen LogP contribution in [0.25, 0.3) is 0 Å². The van der Waals surface area contributed by atoms with Crippen molar-refractivity contribution in [1.29, 1.82) is 0 Å². The highest BCUT2D eigenvalue weighted by Crippen LogP contribution is 2.32. The minimum absolute atomic E-state index is 0.0561. The monoisotopic (exact) mass is 283 g/mol. The number of rotatable bonds is 3. The molecule has 0 amide bonds. The minimum Gasteiger partial charge on any atom is -0.493 e. The van der Waals surface area contributed by atoms with E-state index in [-0.39, 0.29) is 11.3 Å². The fourth-order valence-corrected chi connectivity index (χ4v) is 1.63. The van der Waals surface area contributed by atoms with Gasteiger partial charge in [-0.3, -0.25) is 0 Å². The summed E-state index contributed by atoms with van der Waals surface area (Å²) in [5, 5.41) is 0. The third-order valence-electron chi connectivity index (χ3n) is 1.87. The third kappa shape index (κ3) is 2.63. The summed E-state index contributed by atoms with van der Waals surface area (Å²) in [6, 6.07) is 0.881. The van der Waals surface area contributed by atoms with Gasteiger partial charge < -0.3 is 10.5 Å². The normalized spacial score (nSPS) is 13.0. The number of ether oxygens (including phenoxy) is 1. The van der Waals surface area contributed by atoms with Crippen molar-refractivity contribution in [2.24, 2.45) is 5.73 Å². The zero-order valence-corrected chi connectivity index (χ0v) is 9.39. The third-order valence-corrected chi connectivity index (χ3v) is 2.33. The van der Waals surface area contributed by atoms with E-state index in [2.05, 4.69) is 15.9 Å². The van der Waals surface area contributed by atoms with Crippen LogP contribution in [-0.2, 0) is 0 Å². The Morgan fingerprint density at radius 3 is 2.47 bits per heavy atom. The summed E-state index contributed by atoms with van der Waals surface area (Å²) < 4.78 is 43.1. The van der Waals surface area contributed by atoms with Gasteiger partial charge in [-0.1, -0.05) is 15.9 Å². The fraction of sp³-hybridized carbons (Fsp3) is 0.333. The second-order valence-electron chi connectivity index (χ2n) is 2.87. The maximum atomic E-state index is 13.3. The Bertz CT molecular complexity index is 359. The van der Waals surface area contributed by atoms with Crippen molar-refractivity contribution in [2.45, 2.75) is 12.5 Å². The summed E-state index contributed by atoms with van der Waals surface area (Å²) in [6.45, 7) is 0. The number of alkyl halides is 2. The number of halogens is 4. The Hall–Kier alpha value is -0.750. The second-order valence-corrected chi connectivity index (χ2v) is 3.79. The van der Waals surface area contributed by atoms with Crippen LogP contribution in [0, 0.1) is 5.82 Å². The number of methoxy groups -OCH3 is 1. The molecule has 1 unspecified atom stereocenters. The molecule has 1 rings (SSSR count). The zero-order chi connectivity index (χ0) is 11.6. The molecule has 2 N–H and O–H groups in total. The number of hydrogen-bond donors (Lipinski definition) is 1. The highest BCUT2D eigenvalue weighted by Gasteiger charge is 2.23. The molecule has 1 atom stereocenters. The lowest BCUT2D eigenvalue weighted by Crippen LogP contribution is -2.20. The molecule has 15 heavy (non-hydrogen) atoms. The summed E-state index contributed by atoms with van der Waals surface area (Å²) >= 11 is 3.00. The van der Waals surface area contributed by atoms with Crippen LogP contribution < -0.4 is 10.5 Å². The highest BCUT2D eigenvalue weighted by molar-refractivity contribution is 9.10. The summed E-state index contributed by atoms with van der Waals surface area (Å²) in [6.07, 6.45) is -2.77. The molecule has 0 aliphatic rings. The zero-order valence-electron chi connectivity index (χ0n) is 7.81. The standard InChI is InChI=1S/C9H9BrF3NO/c1-15-8-5(7(14)9(12)13)2-4(10)3-6(8)11/h2-3,7,9H,14H2,1H3. The van der Waals surface area contributed by atoms with Gasteiger partial charge in [0.05, 0.1) is 13.2 Å². The van der Waals surface area contributed by atoms with Gasteiger partial charge in [-0.15, -0.1) is 0 Å². The van der Waals surface area contributed by atoms with Crippen LogP contribution >= 0.6 is 15.9 Å². The van der Waals surface area contributed by atoms with Crippen LogP contribution in [0.2, 0.25) is 0 Å². The Balaban J connectivity index is 3.26. The first-order valence-corrected chi connectivity index (χ1v) is 4.83. The summed E-state index contributed by atoms with van der Waals surface area (Å²) in [5.74, 6) is -0.969. The molecule has 0 bridgehead atoms. The van der Waals surface area contributed by atoms with E-state index in [0.717, 1.165) is 6.07 Å². The van der Waals surface area contributed by atoms with Gasteiger partial charge in [0.1, 0.15) is 0 Å². The Kier molecular flexibility index (Phi) is 3.98. The summed E-state index contributed by atoms with van der Waals surface area (Å²) in [4.78, 5) is 0. The van der Waals surface area contributed by atoms with Gasteiger partial charge in [-0.25, -0.2) is 13.2 Å². The van der Waals surface area contributed by atoms with Crippen molar-refractivity contribution in [2.75, 3.05) is 7.11 Å². The van der Waals surface area contributed by atoms with Gasteiger partial charge in [0.2, 0.25) is 0 Å². The van der Waals surface area contributed by atoms with Crippen molar-refractivity contribution < 1.29 is 17.9 Å². The fourth-order valence-electron chi connectivity index (χ4n) is 1.18. The van der Waals surface area contributed by atoms with Gasteiger partial charge in [0.25, 0.3) is 6.43 Å². The van der Waals surface area contributed by atoms with Gasteiger partial charge in [0, 0.05) is 10.0 Å². The number of hydrogen-bond acceptors (Lipinski definition) is 2. The molecule has 6 heteroatoms. The maximum absolute atomic E-state index is 13.3. The van der Waals surface area contributed by atoms with Gasteiger partial charge in [-0.05, 0) is 12.1 Å². The average Bonchev–Trinajstić information content (AvgIpc) is 2.15. The molecule has 0 aliphatic heterocycles. The molecule has 1 aromatic carbocycles. The van der Waals surface area contributed by atoms with Crippen molar-refractivity contribution in [3.05, 3.63) is 28.0 Å². The lowest BCUT2D eigenvalue weighted by molar-refractivity contribution is 0.115. The Morgan fingerprint density at radius 1 is 1.40 bits per heavy atom. The largest absolute Gasteiger partial charge is 0.493 e. The van der Waals surface area contributed by atoms with Crippen LogP contribution in [0.4, 0.5) is 13.2 Å². The van der Waals surface area contributed by atoms with Gasteiger partial charge in [-0.2, -0.15) is 0 Å². The van der Waals surface area contributed by atoms with Crippen LogP contribution in [0.1, 0.15) is 11.6 Å². The molecular weight excluding hydrogens is 275 g/mol. The van der Waals surface area contributed by atoms with E-state index in [4.69, 9.17) is 10.5 Å². The topological polar surface area (TPSA) is 35.2 Å². The maximum Gasteiger partial charge on any atom is 0.257 e. The summed E-state index contributed by atoms with van der Waals surface area (Å²) in [5.41, 5.74) is 5.18. The first-order chi connectivity index (χ1) is 6.97. The lowest BCUT2D eigenvalue weighted by atomic mass is 10.1. The van der Waals surface area contributed by atoms with E-state index in [9.17, 15) is 13.2 Å². The molecule has 0 saturated carbocycles. The molecule has 1 aromatic rings.